The van der Waals surface area contributed by atoms with Crippen molar-refractivity contribution in [3.05, 3.63) is 39.9 Å². The highest BCUT2D eigenvalue weighted by Gasteiger charge is 2.19. The number of hydrogen-bond donors (Lipinski definition) is 1. The fourth-order valence-electron chi connectivity index (χ4n) is 1.44. The molecule has 1 N–H and O–H groups in total. The number of aliphatic carboxylic acids is 1. The van der Waals surface area contributed by atoms with Gasteiger partial charge in [-0.25, -0.2) is 0 Å². The molecule has 0 bridgehead atoms. The molecular weight excluding hydrogens is 198 g/mol. The highest BCUT2D eigenvalue weighted by atomic mass is 16.6. The van der Waals surface area contributed by atoms with Gasteiger partial charge in [-0.05, 0) is 5.92 Å². The largest absolute Gasteiger partial charge is 0.481 e. The van der Waals surface area contributed by atoms with Gasteiger partial charge in [-0.3, -0.25) is 14.9 Å². The van der Waals surface area contributed by atoms with Crippen LogP contribution in [0.1, 0.15) is 24.8 Å². The van der Waals surface area contributed by atoms with Gasteiger partial charge in [-0.1, -0.05) is 25.1 Å². The van der Waals surface area contributed by atoms with Crippen LogP contribution in [0.2, 0.25) is 0 Å². The minimum Gasteiger partial charge on any atom is -0.481 e. The van der Waals surface area contributed by atoms with Crippen molar-refractivity contribution in [1.82, 2.24) is 0 Å². The Kier molecular flexibility index (Phi) is 3.38. The maximum Gasteiger partial charge on any atom is 0.303 e. The summed E-state index contributed by atoms with van der Waals surface area (Å²) in [5.74, 6) is -1.32. The monoisotopic (exact) mass is 209 g/mol. The van der Waals surface area contributed by atoms with E-state index in [0.29, 0.717) is 5.56 Å². The van der Waals surface area contributed by atoms with E-state index in [9.17, 15) is 14.9 Å². The van der Waals surface area contributed by atoms with Crippen LogP contribution in [0, 0.1) is 10.1 Å². The molecule has 0 fully saturated rings. The molecule has 0 aliphatic rings. The molecule has 0 amide bonds. The number of hydrogen-bond acceptors (Lipinski definition) is 3. The summed E-state index contributed by atoms with van der Waals surface area (Å²) in [7, 11) is 0. The van der Waals surface area contributed by atoms with E-state index in [4.69, 9.17) is 5.11 Å². The second-order valence-electron chi connectivity index (χ2n) is 3.31. The van der Waals surface area contributed by atoms with Gasteiger partial charge >= 0.3 is 5.97 Å². The molecule has 1 aromatic carbocycles. The van der Waals surface area contributed by atoms with Crippen LogP contribution in [-0.4, -0.2) is 16.0 Å². The van der Waals surface area contributed by atoms with Crippen molar-refractivity contribution in [1.29, 1.82) is 0 Å². The van der Waals surface area contributed by atoms with Gasteiger partial charge in [-0.15, -0.1) is 0 Å². The number of nitrogens with zero attached hydrogens (tertiary/aromatic N) is 1. The molecule has 5 heteroatoms. The summed E-state index contributed by atoms with van der Waals surface area (Å²) in [5.41, 5.74) is 0.441. The first-order valence-electron chi connectivity index (χ1n) is 4.47. The predicted molar refractivity (Wildman–Crippen MR) is 53.8 cm³/mol. The third-order valence-electron chi connectivity index (χ3n) is 2.15. The normalized spacial score (nSPS) is 12.1. The van der Waals surface area contributed by atoms with Crippen LogP contribution in [0.3, 0.4) is 0 Å². The van der Waals surface area contributed by atoms with Crippen LogP contribution >= 0.6 is 0 Å². The maximum atomic E-state index is 10.7. The van der Waals surface area contributed by atoms with Gasteiger partial charge in [0.2, 0.25) is 0 Å². The van der Waals surface area contributed by atoms with E-state index in [-0.39, 0.29) is 18.0 Å². The lowest BCUT2D eigenvalue weighted by molar-refractivity contribution is -0.385. The van der Waals surface area contributed by atoms with E-state index in [0.717, 1.165) is 0 Å². The van der Waals surface area contributed by atoms with Crippen LogP contribution in [0.25, 0.3) is 0 Å². The summed E-state index contributed by atoms with van der Waals surface area (Å²) in [4.78, 5) is 20.7. The molecule has 1 aromatic rings. The Labute approximate surface area is 86.5 Å². The molecule has 80 valence electrons. The Morgan fingerprint density at radius 3 is 2.67 bits per heavy atom. The van der Waals surface area contributed by atoms with Gasteiger partial charge in [0.05, 0.1) is 11.3 Å². The zero-order chi connectivity index (χ0) is 11.4. The number of carboxylic acids is 1. The summed E-state index contributed by atoms with van der Waals surface area (Å²) < 4.78 is 0. The fourth-order valence-corrected chi connectivity index (χ4v) is 1.44. The minimum absolute atomic E-state index is 0.0220. The summed E-state index contributed by atoms with van der Waals surface area (Å²) >= 11 is 0. The third kappa shape index (κ3) is 2.77. The van der Waals surface area contributed by atoms with Gasteiger partial charge in [0.1, 0.15) is 0 Å². The molecule has 0 aliphatic heterocycles. The molecule has 1 unspecified atom stereocenters. The van der Waals surface area contributed by atoms with Crippen molar-refractivity contribution < 1.29 is 14.8 Å². The number of nitro groups is 1. The predicted octanol–water partition coefficient (Wildman–Crippen LogP) is 2.17. The summed E-state index contributed by atoms with van der Waals surface area (Å²) in [6.07, 6.45) is -0.106. The first-order chi connectivity index (χ1) is 7.02. The molecule has 0 spiro atoms. The summed E-state index contributed by atoms with van der Waals surface area (Å²) in [6, 6.07) is 6.20. The quantitative estimate of drug-likeness (QED) is 0.608. The average molecular weight is 209 g/mol. The first kappa shape index (κ1) is 11.2. The lowest BCUT2D eigenvalue weighted by atomic mass is 9.96. The van der Waals surface area contributed by atoms with Crippen molar-refractivity contribution in [2.24, 2.45) is 0 Å². The van der Waals surface area contributed by atoms with E-state index >= 15 is 0 Å². The van der Waals surface area contributed by atoms with Gasteiger partial charge < -0.3 is 5.11 Å². The molecular formula is C10H11NO4. The van der Waals surface area contributed by atoms with Crippen molar-refractivity contribution >= 4 is 11.7 Å². The number of para-hydroxylation sites is 1. The van der Waals surface area contributed by atoms with Crippen LogP contribution in [0.15, 0.2) is 24.3 Å². The lowest BCUT2D eigenvalue weighted by Crippen LogP contribution is -2.05. The Bertz CT molecular complexity index is 389. The highest BCUT2D eigenvalue weighted by Crippen LogP contribution is 2.27. The van der Waals surface area contributed by atoms with Crippen molar-refractivity contribution in [3.8, 4) is 0 Å². The van der Waals surface area contributed by atoms with Crippen LogP contribution in [0.5, 0.6) is 0 Å². The SMILES string of the molecule is CC(CC(=O)O)c1ccccc1[N+](=O)[O-]. The average Bonchev–Trinajstić information content (AvgIpc) is 2.16. The fraction of sp³-hybridized carbons (Fsp3) is 0.300. The van der Waals surface area contributed by atoms with Crippen molar-refractivity contribution in [2.45, 2.75) is 19.3 Å². The minimum atomic E-state index is -0.958. The standard InChI is InChI=1S/C10H11NO4/c1-7(6-10(12)13)8-4-2-3-5-9(8)11(14)15/h2-5,7H,6H2,1H3,(H,12,13). The Morgan fingerprint density at radius 2 is 2.13 bits per heavy atom. The molecule has 0 saturated heterocycles. The van der Waals surface area contributed by atoms with Crippen LogP contribution in [-0.2, 0) is 4.79 Å². The lowest BCUT2D eigenvalue weighted by Gasteiger charge is -2.08. The molecule has 5 nitrogen and oxygen atoms in total. The zero-order valence-corrected chi connectivity index (χ0v) is 8.21. The van der Waals surface area contributed by atoms with E-state index in [1.165, 1.54) is 6.07 Å². The third-order valence-corrected chi connectivity index (χ3v) is 2.15. The zero-order valence-electron chi connectivity index (χ0n) is 8.21. The summed E-state index contributed by atoms with van der Waals surface area (Å²) in [6.45, 7) is 1.66. The van der Waals surface area contributed by atoms with Gasteiger partial charge in [0.15, 0.2) is 0 Å². The Morgan fingerprint density at radius 1 is 1.53 bits per heavy atom. The number of benzene rings is 1. The van der Waals surface area contributed by atoms with Crippen LogP contribution < -0.4 is 0 Å². The van der Waals surface area contributed by atoms with E-state index in [1.54, 1.807) is 25.1 Å². The van der Waals surface area contributed by atoms with Crippen molar-refractivity contribution in [2.75, 3.05) is 0 Å². The van der Waals surface area contributed by atoms with E-state index in [2.05, 4.69) is 0 Å². The molecule has 0 radical (unpaired) electrons. The molecule has 0 heterocycles. The number of carbonyl (C=O) groups is 1. The molecule has 0 aliphatic carbocycles. The van der Waals surface area contributed by atoms with Gasteiger partial charge in [0.25, 0.3) is 5.69 Å². The Balaban J connectivity index is 3.02. The summed E-state index contributed by atoms with van der Waals surface area (Å²) in [5, 5.41) is 19.3. The molecule has 0 saturated carbocycles. The smallest absolute Gasteiger partial charge is 0.303 e. The number of rotatable bonds is 4. The number of carboxylic acid groups (broad SMARTS) is 1. The Hall–Kier alpha value is -1.91. The highest BCUT2D eigenvalue weighted by molar-refractivity contribution is 5.68. The first-order valence-corrected chi connectivity index (χ1v) is 4.47. The van der Waals surface area contributed by atoms with Gasteiger partial charge in [0, 0.05) is 11.6 Å². The second kappa shape index (κ2) is 4.54. The van der Waals surface area contributed by atoms with Crippen molar-refractivity contribution in [3.63, 3.8) is 0 Å². The molecule has 15 heavy (non-hydrogen) atoms. The van der Waals surface area contributed by atoms with E-state index < -0.39 is 10.9 Å². The van der Waals surface area contributed by atoms with E-state index in [1.807, 2.05) is 0 Å². The topological polar surface area (TPSA) is 80.4 Å². The number of nitro benzene ring substituents is 1. The molecule has 0 aromatic heterocycles. The van der Waals surface area contributed by atoms with Crippen LogP contribution in [0.4, 0.5) is 5.69 Å². The van der Waals surface area contributed by atoms with Gasteiger partial charge in [-0.2, -0.15) is 0 Å². The molecule has 1 rings (SSSR count). The second-order valence-corrected chi connectivity index (χ2v) is 3.31. The maximum absolute atomic E-state index is 10.7. The molecule has 1 atom stereocenters.